The molecule has 21 heteroatoms. The van der Waals surface area contributed by atoms with Crippen LogP contribution in [0.2, 0.25) is 0 Å². The van der Waals surface area contributed by atoms with Gasteiger partial charge in [-0.15, -0.1) is 0 Å². The van der Waals surface area contributed by atoms with E-state index in [1.807, 2.05) is 36.4 Å². The van der Waals surface area contributed by atoms with E-state index in [1.165, 1.54) is 10.8 Å². The molecule has 5 amide bonds. The van der Waals surface area contributed by atoms with Crippen molar-refractivity contribution >= 4 is 63.8 Å². The lowest BCUT2D eigenvalue weighted by molar-refractivity contribution is -0.120. The number of nitrogens with zero attached hydrogens (tertiary/aromatic N) is 3. The van der Waals surface area contributed by atoms with Crippen molar-refractivity contribution in [3.8, 4) is 22.6 Å². The van der Waals surface area contributed by atoms with Gasteiger partial charge in [-0.2, -0.15) is 0 Å². The lowest BCUT2D eigenvalue weighted by Crippen LogP contribution is -2.47. The molecule has 0 spiro atoms. The number of ether oxygens (including phenoxy) is 6. The van der Waals surface area contributed by atoms with Crippen molar-refractivity contribution in [3.05, 3.63) is 72.4 Å². The van der Waals surface area contributed by atoms with Gasteiger partial charge in [-0.3, -0.25) is 26.1 Å². The molecule has 0 aliphatic carbocycles. The predicted octanol–water partition coefficient (Wildman–Crippen LogP) is 8.76. The molecular formula is C47H66N8O11S2. The van der Waals surface area contributed by atoms with Crippen LogP contribution >= 0.6 is 21.6 Å². The zero-order valence-corrected chi connectivity index (χ0v) is 42.6. The molecule has 0 unspecified atom stereocenters. The van der Waals surface area contributed by atoms with Crippen molar-refractivity contribution in [1.82, 2.24) is 31.6 Å². The highest BCUT2D eigenvalue weighted by Gasteiger charge is 2.23. The van der Waals surface area contributed by atoms with Gasteiger partial charge in [-0.1, -0.05) is 35.1 Å². The average Bonchev–Trinajstić information content (AvgIpc) is 3.19. The number of benzene rings is 2. The van der Waals surface area contributed by atoms with E-state index in [0.717, 1.165) is 10.6 Å². The average molecular weight is 983 g/mol. The van der Waals surface area contributed by atoms with Gasteiger partial charge in [0.15, 0.2) is 0 Å². The van der Waals surface area contributed by atoms with Gasteiger partial charge in [0, 0.05) is 30.5 Å². The maximum atomic E-state index is 12.8. The highest BCUT2D eigenvalue weighted by atomic mass is 33.1. The second-order valence-electron chi connectivity index (χ2n) is 18.6. The van der Waals surface area contributed by atoms with E-state index >= 15 is 0 Å². The monoisotopic (exact) mass is 982 g/mol. The Labute approximate surface area is 406 Å². The maximum absolute atomic E-state index is 12.8. The Kier molecular flexibility index (Phi) is 21.7. The Morgan fingerprint density at radius 1 is 0.603 bits per heavy atom. The first-order valence-electron chi connectivity index (χ1n) is 21.8. The summed E-state index contributed by atoms with van der Waals surface area (Å²) in [5.74, 6) is 1.04. The Morgan fingerprint density at radius 2 is 1.12 bits per heavy atom. The number of hydrogen-bond acceptors (Lipinski definition) is 16. The third-order valence-electron chi connectivity index (χ3n) is 7.60. The Morgan fingerprint density at radius 3 is 1.60 bits per heavy atom. The number of nitrogens with one attached hydrogen (secondary N) is 5. The number of carbonyl (C=O) groups excluding carboxylic acids is 5. The van der Waals surface area contributed by atoms with Gasteiger partial charge in [0.2, 0.25) is 17.8 Å². The molecule has 3 aromatic rings. The lowest BCUT2D eigenvalue weighted by atomic mass is 10.0. The molecule has 68 heavy (non-hydrogen) atoms. The van der Waals surface area contributed by atoms with Gasteiger partial charge in [-0.25, -0.2) is 34.1 Å². The van der Waals surface area contributed by atoms with Crippen molar-refractivity contribution in [1.29, 1.82) is 0 Å². The first kappa shape index (κ1) is 56.1. The van der Waals surface area contributed by atoms with Crippen LogP contribution in [0.1, 0.15) is 95.1 Å². The zero-order valence-electron chi connectivity index (χ0n) is 40.9. The quantitative estimate of drug-likeness (QED) is 0.0297. The normalized spacial score (nSPS) is 11.5. The number of guanidine groups is 2. The number of pyridine rings is 1. The van der Waals surface area contributed by atoms with Gasteiger partial charge < -0.3 is 33.7 Å². The fourth-order valence-corrected chi connectivity index (χ4v) is 7.04. The summed E-state index contributed by atoms with van der Waals surface area (Å²) in [6.45, 7) is 20.8. The van der Waals surface area contributed by atoms with Gasteiger partial charge >= 0.3 is 24.4 Å². The van der Waals surface area contributed by atoms with Crippen LogP contribution < -0.4 is 36.1 Å². The number of alkyl carbamates (subject to hydrolysis) is 4. The summed E-state index contributed by atoms with van der Waals surface area (Å²) in [7, 11) is 3.06. The number of aliphatic imine (C=N–C) groups is 2. The van der Waals surface area contributed by atoms with Crippen LogP contribution in [-0.2, 0) is 30.3 Å². The molecular weight excluding hydrogens is 917 g/mol. The Balaban J connectivity index is 1.82. The van der Waals surface area contributed by atoms with E-state index in [4.69, 9.17) is 28.4 Å². The number of hydrogen-bond donors (Lipinski definition) is 5. The molecule has 2 aromatic carbocycles. The smallest absolute Gasteiger partial charge is 0.414 e. The standard InChI is InChI=1S/C47H66N8O11S2/c1-44(2,3)63-40(57)52-38(53-41(58)64-45(4,5)6)49-23-25-61-33-17-15-16-32(29-33)34-28-31(30-51-36(56)21-27-67-68-37-18-13-14-22-48-37)19-20-35(34)62-26-24-50-39(54-42(59)65-46(7,8)9)55-43(60)66-47(10,11)12/h13-20,22,28-29H,21,23-27,30H2,1-12H3,(H,51,56)(H2,49,52,53,57,58)(H2,50,54,55,59,60). The van der Waals surface area contributed by atoms with Gasteiger partial charge in [0.25, 0.3) is 0 Å². The third-order valence-corrected chi connectivity index (χ3v) is 9.87. The molecule has 0 bridgehead atoms. The summed E-state index contributed by atoms with van der Waals surface area (Å²) in [6, 6.07) is 18.4. The first-order valence-corrected chi connectivity index (χ1v) is 24.1. The van der Waals surface area contributed by atoms with E-state index in [-0.39, 0.29) is 50.7 Å². The summed E-state index contributed by atoms with van der Waals surface area (Å²) in [5.41, 5.74) is -1.06. The second-order valence-corrected chi connectivity index (χ2v) is 21.1. The van der Waals surface area contributed by atoms with Crippen molar-refractivity contribution < 1.29 is 52.4 Å². The van der Waals surface area contributed by atoms with Crippen molar-refractivity contribution in [3.63, 3.8) is 0 Å². The van der Waals surface area contributed by atoms with Gasteiger partial charge in [-0.05, 0) is 141 Å². The molecule has 0 fully saturated rings. The number of rotatable bonds is 16. The van der Waals surface area contributed by atoms with Crippen LogP contribution in [0.15, 0.2) is 81.9 Å². The van der Waals surface area contributed by atoms with Crippen LogP contribution in [0.4, 0.5) is 19.2 Å². The van der Waals surface area contributed by atoms with E-state index < -0.39 is 46.8 Å². The van der Waals surface area contributed by atoms with Crippen LogP contribution in [0.3, 0.4) is 0 Å². The van der Waals surface area contributed by atoms with E-state index in [0.29, 0.717) is 34.8 Å². The molecule has 0 saturated carbocycles. The molecule has 0 radical (unpaired) electrons. The molecule has 3 rings (SSSR count). The molecule has 1 aromatic heterocycles. The molecule has 19 nitrogen and oxygen atoms in total. The topological polar surface area (TPSA) is 238 Å². The fourth-order valence-electron chi connectivity index (χ4n) is 5.17. The Hall–Kier alpha value is -6.22. The van der Waals surface area contributed by atoms with E-state index in [1.54, 1.807) is 124 Å². The Bertz CT molecular complexity index is 2150. The third kappa shape index (κ3) is 25.1. The second kappa shape index (κ2) is 26.4. The van der Waals surface area contributed by atoms with Crippen LogP contribution in [-0.4, -0.2) is 102 Å². The van der Waals surface area contributed by atoms with Gasteiger partial charge in [0.1, 0.15) is 52.1 Å². The summed E-state index contributed by atoms with van der Waals surface area (Å²) in [6.07, 6.45) is -1.27. The zero-order chi connectivity index (χ0) is 50.5. The van der Waals surface area contributed by atoms with Crippen LogP contribution in [0, 0.1) is 0 Å². The van der Waals surface area contributed by atoms with Crippen LogP contribution in [0.5, 0.6) is 11.5 Å². The molecule has 0 aliphatic heterocycles. The predicted molar refractivity (Wildman–Crippen MR) is 264 cm³/mol. The minimum absolute atomic E-state index is 0.00790. The highest BCUT2D eigenvalue weighted by Crippen LogP contribution is 2.34. The largest absolute Gasteiger partial charge is 0.492 e. The molecule has 372 valence electrons. The summed E-state index contributed by atoms with van der Waals surface area (Å²) in [5, 5.41) is 13.7. The molecule has 0 aliphatic rings. The SMILES string of the molecule is CC(C)(C)OC(=O)NC(=NCCOc1cccc(-c2cc(CNC(=O)CCSSc3ccccn3)ccc2OCCN=C(NC(=O)OC(C)(C)C)NC(=O)OC(C)(C)C)c1)NC(=O)OC(C)(C)C. The summed E-state index contributed by atoms with van der Waals surface area (Å²) >= 11 is 0. The van der Waals surface area contributed by atoms with Gasteiger partial charge in [0.05, 0.1) is 13.1 Å². The number of amides is 5. The first-order chi connectivity index (χ1) is 31.7. The molecule has 0 saturated heterocycles. The maximum Gasteiger partial charge on any atom is 0.414 e. The molecule has 0 atom stereocenters. The minimum atomic E-state index is -0.829. The number of aromatic nitrogens is 1. The summed E-state index contributed by atoms with van der Waals surface area (Å²) < 4.78 is 33.6. The highest BCUT2D eigenvalue weighted by molar-refractivity contribution is 8.76. The molecule has 5 N–H and O–H groups in total. The van der Waals surface area contributed by atoms with E-state index in [2.05, 4.69) is 41.6 Å². The summed E-state index contributed by atoms with van der Waals surface area (Å²) in [4.78, 5) is 76.1. The number of carbonyl (C=O) groups is 5. The van der Waals surface area contributed by atoms with E-state index in [9.17, 15) is 24.0 Å². The van der Waals surface area contributed by atoms with Crippen molar-refractivity contribution in [2.75, 3.05) is 32.1 Å². The van der Waals surface area contributed by atoms with Crippen molar-refractivity contribution in [2.45, 2.75) is 123 Å². The lowest BCUT2D eigenvalue weighted by Gasteiger charge is -2.22. The minimum Gasteiger partial charge on any atom is -0.492 e. The fraction of sp³-hybridized carbons (Fsp3) is 0.489. The molecule has 1 heterocycles. The van der Waals surface area contributed by atoms with Crippen LogP contribution in [0.25, 0.3) is 11.1 Å². The van der Waals surface area contributed by atoms with Crippen molar-refractivity contribution in [2.24, 2.45) is 9.98 Å².